The molecule has 2 aromatic rings. The van der Waals surface area contributed by atoms with E-state index >= 15 is 0 Å². The fourth-order valence-corrected chi connectivity index (χ4v) is 5.65. The van der Waals surface area contributed by atoms with Crippen LogP contribution in [-0.2, 0) is 20.2 Å². The first kappa shape index (κ1) is 25.2. The van der Waals surface area contributed by atoms with Crippen molar-refractivity contribution in [1.29, 1.82) is 0 Å². The summed E-state index contributed by atoms with van der Waals surface area (Å²) >= 11 is 12.8. The van der Waals surface area contributed by atoms with Crippen molar-refractivity contribution in [3.8, 4) is 11.5 Å². The SMILES string of the molecule is CC1(c2cc(F)cc(Oc3c(Cl)cc(NC(=O)CC4CCN(S(C)(=O)=O)CC4)cc3Cl)c2)CC1. The number of sulfonamides is 1. The second kappa shape index (κ2) is 9.64. The molecule has 1 heterocycles. The number of amides is 1. The maximum Gasteiger partial charge on any atom is 0.224 e. The summed E-state index contributed by atoms with van der Waals surface area (Å²) in [6.07, 6.45) is 4.73. The number of carbonyl (C=O) groups is 1. The first-order valence-electron chi connectivity index (χ1n) is 11.2. The van der Waals surface area contributed by atoms with E-state index in [9.17, 15) is 17.6 Å². The zero-order valence-corrected chi connectivity index (χ0v) is 21.4. The molecule has 4 rings (SSSR count). The topological polar surface area (TPSA) is 75.7 Å². The average Bonchev–Trinajstić information content (AvgIpc) is 3.49. The van der Waals surface area contributed by atoms with Crippen LogP contribution in [0.15, 0.2) is 30.3 Å². The van der Waals surface area contributed by atoms with Crippen LogP contribution < -0.4 is 10.1 Å². The average molecular weight is 529 g/mol. The predicted molar refractivity (Wildman–Crippen MR) is 132 cm³/mol. The van der Waals surface area contributed by atoms with Crippen molar-refractivity contribution in [2.45, 2.75) is 44.4 Å². The molecule has 1 N–H and O–H groups in total. The number of anilines is 1. The van der Waals surface area contributed by atoms with Crippen LogP contribution >= 0.6 is 23.2 Å². The molecule has 2 fully saturated rings. The van der Waals surface area contributed by atoms with Gasteiger partial charge >= 0.3 is 0 Å². The Morgan fingerprint density at radius 1 is 1.15 bits per heavy atom. The zero-order valence-electron chi connectivity index (χ0n) is 19.0. The summed E-state index contributed by atoms with van der Waals surface area (Å²) in [5.74, 6) is 0.00311. The molecule has 1 saturated heterocycles. The van der Waals surface area contributed by atoms with E-state index in [1.807, 2.05) is 0 Å². The first-order chi connectivity index (χ1) is 15.9. The monoisotopic (exact) mass is 528 g/mol. The normalized spacial score (nSPS) is 18.5. The van der Waals surface area contributed by atoms with Gasteiger partial charge in [0.25, 0.3) is 0 Å². The lowest BCUT2D eigenvalue weighted by atomic mass is 9.94. The van der Waals surface area contributed by atoms with E-state index in [2.05, 4.69) is 12.2 Å². The highest BCUT2D eigenvalue weighted by molar-refractivity contribution is 7.88. The number of halogens is 3. The lowest BCUT2D eigenvalue weighted by molar-refractivity contribution is -0.117. The Morgan fingerprint density at radius 2 is 1.76 bits per heavy atom. The number of nitrogens with zero attached hydrogens (tertiary/aromatic N) is 1. The number of hydrogen-bond acceptors (Lipinski definition) is 4. The molecule has 2 aliphatic rings. The van der Waals surface area contributed by atoms with Crippen molar-refractivity contribution in [1.82, 2.24) is 4.31 Å². The second-order valence-corrected chi connectivity index (χ2v) is 12.3. The minimum Gasteiger partial charge on any atom is -0.454 e. The van der Waals surface area contributed by atoms with Crippen molar-refractivity contribution < 1.29 is 22.3 Å². The van der Waals surface area contributed by atoms with Crippen LogP contribution in [0.2, 0.25) is 10.0 Å². The van der Waals surface area contributed by atoms with E-state index in [-0.39, 0.29) is 45.3 Å². The molecule has 184 valence electrons. The largest absolute Gasteiger partial charge is 0.454 e. The first-order valence-corrected chi connectivity index (χ1v) is 13.8. The molecule has 0 atom stereocenters. The summed E-state index contributed by atoms with van der Waals surface area (Å²) in [6.45, 7) is 2.92. The van der Waals surface area contributed by atoms with Gasteiger partial charge in [0.2, 0.25) is 15.9 Å². The Morgan fingerprint density at radius 3 is 2.32 bits per heavy atom. The third-order valence-electron chi connectivity index (χ3n) is 6.59. The van der Waals surface area contributed by atoms with Gasteiger partial charge in [0.05, 0.1) is 16.3 Å². The van der Waals surface area contributed by atoms with Crippen molar-refractivity contribution in [3.05, 3.63) is 51.8 Å². The second-order valence-electron chi connectivity index (χ2n) is 9.47. The van der Waals surface area contributed by atoms with E-state index in [4.69, 9.17) is 27.9 Å². The molecular weight excluding hydrogens is 502 g/mol. The Bertz CT molecular complexity index is 1190. The third kappa shape index (κ3) is 6.03. The molecule has 34 heavy (non-hydrogen) atoms. The number of hydrogen-bond donors (Lipinski definition) is 1. The summed E-state index contributed by atoms with van der Waals surface area (Å²) in [4.78, 5) is 12.5. The van der Waals surface area contributed by atoms with Gasteiger partial charge in [-0.2, -0.15) is 0 Å². The van der Waals surface area contributed by atoms with Gasteiger partial charge in [0.15, 0.2) is 5.75 Å². The van der Waals surface area contributed by atoms with Crippen LogP contribution in [0.5, 0.6) is 11.5 Å². The number of benzene rings is 2. The van der Waals surface area contributed by atoms with E-state index < -0.39 is 10.0 Å². The molecule has 1 aliphatic heterocycles. The molecular formula is C24H27Cl2FN2O4S. The standard InChI is InChI=1S/C24H27Cl2FN2O4S/c1-24(5-6-24)16-10-17(27)12-19(11-16)33-23-20(25)13-18(14-21(23)26)28-22(30)9-15-3-7-29(8-4-15)34(2,31)32/h10-15H,3-9H2,1-2H3,(H,28,30). The van der Waals surface area contributed by atoms with E-state index in [1.54, 1.807) is 6.07 Å². The van der Waals surface area contributed by atoms with Crippen LogP contribution in [-0.4, -0.2) is 38.0 Å². The maximum atomic E-state index is 14.1. The molecule has 0 spiro atoms. The third-order valence-corrected chi connectivity index (χ3v) is 8.45. The molecule has 2 aromatic carbocycles. The molecule has 1 amide bonds. The highest BCUT2D eigenvalue weighted by atomic mass is 35.5. The van der Waals surface area contributed by atoms with Crippen LogP contribution in [0.25, 0.3) is 0 Å². The highest BCUT2D eigenvalue weighted by Gasteiger charge is 2.39. The van der Waals surface area contributed by atoms with Gasteiger partial charge in [-0.25, -0.2) is 17.1 Å². The Hall–Kier alpha value is -1.87. The molecule has 10 heteroatoms. The Balaban J connectivity index is 1.39. The molecule has 0 radical (unpaired) electrons. The predicted octanol–water partition coefficient (Wildman–Crippen LogP) is 5.98. The van der Waals surface area contributed by atoms with Crippen molar-refractivity contribution in [3.63, 3.8) is 0 Å². The Labute approximate surface area is 209 Å². The number of ether oxygens (including phenoxy) is 1. The zero-order chi connectivity index (χ0) is 24.7. The minimum absolute atomic E-state index is 0.0245. The molecule has 0 unspecified atom stereocenters. The summed E-state index contributed by atoms with van der Waals surface area (Å²) < 4.78 is 44.7. The summed E-state index contributed by atoms with van der Waals surface area (Å²) in [5.41, 5.74) is 1.27. The van der Waals surface area contributed by atoms with Crippen molar-refractivity contribution in [2.24, 2.45) is 5.92 Å². The Kier molecular flexibility index (Phi) is 7.16. The molecule has 0 aromatic heterocycles. The lowest BCUT2D eigenvalue weighted by Gasteiger charge is -2.29. The lowest BCUT2D eigenvalue weighted by Crippen LogP contribution is -2.38. The van der Waals surface area contributed by atoms with E-state index in [1.165, 1.54) is 34.8 Å². The fourth-order valence-electron chi connectivity index (χ4n) is 4.21. The fraction of sp³-hybridized carbons (Fsp3) is 0.458. The highest BCUT2D eigenvalue weighted by Crippen LogP contribution is 2.49. The van der Waals surface area contributed by atoms with Crippen molar-refractivity contribution >= 4 is 44.8 Å². The molecule has 1 aliphatic carbocycles. The summed E-state index contributed by atoms with van der Waals surface area (Å²) in [5, 5.41) is 3.17. The quantitative estimate of drug-likeness (QED) is 0.479. The number of piperidine rings is 1. The minimum atomic E-state index is -3.20. The van der Waals surface area contributed by atoms with Gasteiger partial charge in [0, 0.05) is 31.3 Å². The van der Waals surface area contributed by atoms with Crippen LogP contribution in [0.1, 0.15) is 44.6 Å². The van der Waals surface area contributed by atoms with Crippen LogP contribution in [0.4, 0.5) is 10.1 Å². The molecule has 6 nitrogen and oxygen atoms in total. The van der Waals surface area contributed by atoms with E-state index in [0.29, 0.717) is 37.4 Å². The summed E-state index contributed by atoms with van der Waals surface area (Å²) in [6, 6.07) is 7.68. The van der Waals surface area contributed by atoms with E-state index in [0.717, 1.165) is 18.4 Å². The number of nitrogens with one attached hydrogen (secondary N) is 1. The van der Waals surface area contributed by atoms with Crippen LogP contribution in [0.3, 0.4) is 0 Å². The van der Waals surface area contributed by atoms with Crippen LogP contribution in [0, 0.1) is 11.7 Å². The number of carbonyl (C=O) groups excluding carboxylic acids is 1. The molecule has 1 saturated carbocycles. The van der Waals surface area contributed by atoms with Gasteiger partial charge in [-0.3, -0.25) is 4.79 Å². The summed E-state index contributed by atoms with van der Waals surface area (Å²) in [7, 11) is -3.20. The van der Waals surface area contributed by atoms with Gasteiger partial charge in [-0.1, -0.05) is 30.1 Å². The smallest absolute Gasteiger partial charge is 0.224 e. The van der Waals surface area contributed by atoms with Gasteiger partial charge in [-0.05, 0) is 66.8 Å². The maximum absolute atomic E-state index is 14.1. The van der Waals surface area contributed by atoms with Gasteiger partial charge in [-0.15, -0.1) is 0 Å². The number of rotatable bonds is 7. The van der Waals surface area contributed by atoms with Gasteiger partial charge in [0.1, 0.15) is 11.6 Å². The molecule has 0 bridgehead atoms. The van der Waals surface area contributed by atoms with Crippen molar-refractivity contribution in [2.75, 3.05) is 24.7 Å². The van der Waals surface area contributed by atoms with Gasteiger partial charge < -0.3 is 10.1 Å².